The molecule has 1 aromatic rings. The topological polar surface area (TPSA) is 37.3 Å². The molecule has 0 bridgehead atoms. The summed E-state index contributed by atoms with van der Waals surface area (Å²) in [5.41, 5.74) is 0.195. The average molecular weight is 217 g/mol. The number of hydrogen-bond acceptors (Lipinski definition) is 1. The van der Waals surface area contributed by atoms with Crippen molar-refractivity contribution in [3.8, 4) is 0 Å². The molecule has 0 spiro atoms. The summed E-state index contributed by atoms with van der Waals surface area (Å²) < 4.78 is 13.2. The third-order valence-corrected chi connectivity index (χ3v) is 2.19. The quantitative estimate of drug-likeness (QED) is 0.786. The van der Waals surface area contributed by atoms with Gasteiger partial charge in [0.15, 0.2) is 0 Å². The van der Waals surface area contributed by atoms with Crippen molar-refractivity contribution in [1.29, 1.82) is 0 Å². The molecule has 76 valence electrons. The summed E-state index contributed by atoms with van der Waals surface area (Å²) in [6, 6.07) is 5.86. The molecule has 1 unspecified atom stereocenters. The van der Waals surface area contributed by atoms with Gasteiger partial charge >= 0.3 is 5.97 Å². The third kappa shape index (κ3) is 2.45. The van der Waals surface area contributed by atoms with E-state index in [0.717, 1.165) is 0 Å². The van der Waals surface area contributed by atoms with Crippen molar-refractivity contribution in [2.75, 3.05) is 5.88 Å². The Balaban J connectivity index is 2.99. The van der Waals surface area contributed by atoms with Gasteiger partial charge in [0.2, 0.25) is 0 Å². The Bertz CT molecular complexity index is 328. The van der Waals surface area contributed by atoms with E-state index >= 15 is 0 Å². The second-order valence-corrected chi connectivity index (χ2v) is 3.27. The highest BCUT2D eigenvalue weighted by Crippen LogP contribution is 2.23. The Morgan fingerprint density at radius 3 is 2.64 bits per heavy atom. The maximum absolute atomic E-state index is 13.2. The van der Waals surface area contributed by atoms with Gasteiger partial charge in [-0.3, -0.25) is 4.79 Å². The minimum atomic E-state index is -1.05. The lowest BCUT2D eigenvalue weighted by molar-refractivity contribution is -0.138. The first-order valence-electron chi connectivity index (χ1n) is 4.20. The van der Waals surface area contributed by atoms with E-state index in [1.54, 1.807) is 6.07 Å². The van der Waals surface area contributed by atoms with Gasteiger partial charge in [-0.25, -0.2) is 4.39 Å². The van der Waals surface area contributed by atoms with Gasteiger partial charge in [0, 0.05) is 11.4 Å². The molecule has 0 aliphatic heterocycles. The minimum Gasteiger partial charge on any atom is -0.481 e. The summed E-state index contributed by atoms with van der Waals surface area (Å²) in [5.74, 6) is -2.19. The standard InChI is InChI=1S/C10H10ClFO2/c11-6-5-8(10(13)14)7-3-1-2-4-9(7)12/h1-4,8H,5-6H2,(H,13,14). The van der Waals surface area contributed by atoms with Crippen LogP contribution in [-0.2, 0) is 4.79 Å². The summed E-state index contributed by atoms with van der Waals surface area (Å²) in [6.45, 7) is 0. The molecular formula is C10H10ClFO2. The van der Waals surface area contributed by atoms with E-state index in [9.17, 15) is 9.18 Å². The molecule has 14 heavy (non-hydrogen) atoms. The fourth-order valence-corrected chi connectivity index (χ4v) is 1.50. The fourth-order valence-electron chi connectivity index (χ4n) is 1.28. The monoisotopic (exact) mass is 216 g/mol. The number of rotatable bonds is 4. The highest BCUT2D eigenvalue weighted by Gasteiger charge is 2.21. The van der Waals surface area contributed by atoms with Crippen LogP contribution in [0.3, 0.4) is 0 Å². The second kappa shape index (κ2) is 4.96. The van der Waals surface area contributed by atoms with Crippen LogP contribution in [0.5, 0.6) is 0 Å². The summed E-state index contributed by atoms with van der Waals surface area (Å²) in [6.07, 6.45) is 0.234. The number of aliphatic carboxylic acids is 1. The van der Waals surface area contributed by atoms with Gasteiger partial charge in [0.25, 0.3) is 0 Å². The van der Waals surface area contributed by atoms with E-state index < -0.39 is 17.7 Å². The van der Waals surface area contributed by atoms with Crippen LogP contribution in [0.15, 0.2) is 24.3 Å². The summed E-state index contributed by atoms with van der Waals surface area (Å²) in [5, 5.41) is 8.86. The van der Waals surface area contributed by atoms with Gasteiger partial charge < -0.3 is 5.11 Å². The molecule has 0 aliphatic carbocycles. The molecule has 0 aromatic heterocycles. The molecule has 1 aromatic carbocycles. The van der Waals surface area contributed by atoms with E-state index in [4.69, 9.17) is 16.7 Å². The molecule has 1 atom stereocenters. The smallest absolute Gasteiger partial charge is 0.311 e. The van der Waals surface area contributed by atoms with Gasteiger partial charge in [0.05, 0.1) is 5.92 Å². The maximum atomic E-state index is 13.2. The molecule has 4 heteroatoms. The summed E-state index contributed by atoms with van der Waals surface area (Å²) >= 11 is 5.46. The van der Waals surface area contributed by atoms with Crippen LogP contribution in [0, 0.1) is 5.82 Å². The van der Waals surface area contributed by atoms with Crippen molar-refractivity contribution >= 4 is 17.6 Å². The lowest BCUT2D eigenvalue weighted by Gasteiger charge is -2.11. The first-order valence-corrected chi connectivity index (χ1v) is 4.73. The predicted octanol–water partition coefficient (Wildman–Crippen LogP) is 2.62. The van der Waals surface area contributed by atoms with E-state index in [2.05, 4.69) is 0 Å². The first kappa shape index (κ1) is 11.0. The van der Waals surface area contributed by atoms with E-state index in [1.165, 1.54) is 18.2 Å². The molecule has 0 radical (unpaired) electrons. The number of hydrogen-bond donors (Lipinski definition) is 1. The van der Waals surface area contributed by atoms with Crippen LogP contribution in [0.2, 0.25) is 0 Å². The van der Waals surface area contributed by atoms with Crippen molar-refractivity contribution in [2.24, 2.45) is 0 Å². The van der Waals surface area contributed by atoms with Crippen LogP contribution in [0.25, 0.3) is 0 Å². The molecule has 0 heterocycles. The average Bonchev–Trinajstić information content (AvgIpc) is 2.15. The van der Waals surface area contributed by atoms with Crippen molar-refractivity contribution in [2.45, 2.75) is 12.3 Å². The number of carbonyl (C=O) groups is 1. The zero-order valence-electron chi connectivity index (χ0n) is 7.41. The summed E-state index contributed by atoms with van der Waals surface area (Å²) in [4.78, 5) is 10.8. The van der Waals surface area contributed by atoms with Gasteiger partial charge in [-0.05, 0) is 12.5 Å². The maximum Gasteiger partial charge on any atom is 0.311 e. The lowest BCUT2D eigenvalue weighted by Crippen LogP contribution is -2.13. The van der Waals surface area contributed by atoms with E-state index in [0.29, 0.717) is 0 Å². The molecule has 0 fully saturated rings. The van der Waals surface area contributed by atoms with Crippen molar-refractivity contribution in [3.63, 3.8) is 0 Å². The number of benzene rings is 1. The largest absolute Gasteiger partial charge is 0.481 e. The molecular weight excluding hydrogens is 207 g/mol. The van der Waals surface area contributed by atoms with Crippen molar-refractivity contribution in [3.05, 3.63) is 35.6 Å². The zero-order chi connectivity index (χ0) is 10.6. The molecule has 0 amide bonds. The zero-order valence-corrected chi connectivity index (χ0v) is 8.17. The highest BCUT2D eigenvalue weighted by atomic mass is 35.5. The normalized spacial score (nSPS) is 12.4. The van der Waals surface area contributed by atoms with Crippen LogP contribution in [0.1, 0.15) is 17.9 Å². The van der Waals surface area contributed by atoms with Gasteiger partial charge in [-0.1, -0.05) is 18.2 Å². The summed E-state index contributed by atoms with van der Waals surface area (Å²) in [7, 11) is 0. The van der Waals surface area contributed by atoms with Crippen LogP contribution in [-0.4, -0.2) is 17.0 Å². The van der Waals surface area contributed by atoms with Crippen LogP contribution < -0.4 is 0 Å². The Labute approximate surface area is 86.3 Å². The molecule has 0 saturated carbocycles. The number of halogens is 2. The van der Waals surface area contributed by atoms with Crippen LogP contribution >= 0.6 is 11.6 Å². The Morgan fingerprint density at radius 1 is 1.50 bits per heavy atom. The first-order chi connectivity index (χ1) is 6.66. The lowest BCUT2D eigenvalue weighted by atomic mass is 9.96. The van der Waals surface area contributed by atoms with E-state index in [1.807, 2.05) is 0 Å². The Hall–Kier alpha value is -1.09. The molecule has 2 nitrogen and oxygen atoms in total. The molecule has 1 N–H and O–H groups in total. The van der Waals surface area contributed by atoms with Crippen LogP contribution in [0.4, 0.5) is 4.39 Å². The minimum absolute atomic E-state index is 0.195. The molecule has 1 rings (SSSR count). The Morgan fingerprint density at radius 2 is 2.14 bits per heavy atom. The Kier molecular flexibility index (Phi) is 3.89. The third-order valence-electron chi connectivity index (χ3n) is 1.98. The van der Waals surface area contributed by atoms with Gasteiger partial charge in [0.1, 0.15) is 5.82 Å². The fraction of sp³-hybridized carbons (Fsp3) is 0.300. The molecule has 0 aliphatic rings. The highest BCUT2D eigenvalue weighted by molar-refractivity contribution is 6.18. The van der Waals surface area contributed by atoms with Gasteiger partial charge in [-0.2, -0.15) is 0 Å². The van der Waals surface area contributed by atoms with Crippen molar-refractivity contribution in [1.82, 2.24) is 0 Å². The second-order valence-electron chi connectivity index (χ2n) is 2.89. The molecule has 0 saturated heterocycles. The van der Waals surface area contributed by atoms with Crippen molar-refractivity contribution < 1.29 is 14.3 Å². The number of carboxylic acid groups (broad SMARTS) is 1. The predicted molar refractivity (Wildman–Crippen MR) is 52.1 cm³/mol. The van der Waals surface area contributed by atoms with Gasteiger partial charge in [-0.15, -0.1) is 11.6 Å². The van der Waals surface area contributed by atoms with E-state index in [-0.39, 0.29) is 17.9 Å². The number of carboxylic acids is 1. The number of alkyl halides is 1. The SMILES string of the molecule is O=C(O)C(CCCl)c1ccccc1F.